The third kappa shape index (κ3) is 3.82. The van der Waals surface area contributed by atoms with Crippen LogP contribution in [-0.2, 0) is 0 Å². The van der Waals surface area contributed by atoms with E-state index in [2.05, 4.69) is 48.0 Å². The van der Waals surface area contributed by atoms with E-state index >= 15 is 0 Å². The Hall–Kier alpha value is -2.41. The van der Waals surface area contributed by atoms with Crippen LogP contribution in [0.2, 0.25) is 0 Å². The Morgan fingerprint density at radius 3 is 2.68 bits per heavy atom. The van der Waals surface area contributed by atoms with E-state index in [0.29, 0.717) is 31.2 Å². The number of fused-ring (bicyclic) bond motifs is 4. The lowest BCUT2D eigenvalue weighted by Crippen LogP contribution is -2.47. The third-order valence-corrected chi connectivity index (χ3v) is 9.19. The van der Waals surface area contributed by atoms with Gasteiger partial charge in [-0.3, -0.25) is 4.90 Å². The molecule has 6 heteroatoms. The van der Waals surface area contributed by atoms with Crippen LogP contribution in [0.1, 0.15) is 53.4 Å². The van der Waals surface area contributed by atoms with Crippen molar-refractivity contribution in [3.8, 4) is 5.75 Å². The minimum absolute atomic E-state index is 0.318. The van der Waals surface area contributed by atoms with Crippen molar-refractivity contribution in [2.24, 2.45) is 0 Å². The zero-order valence-electron chi connectivity index (χ0n) is 20.2. The van der Waals surface area contributed by atoms with Crippen LogP contribution in [0.4, 0.5) is 0 Å². The fourth-order valence-corrected chi connectivity index (χ4v) is 7.26. The van der Waals surface area contributed by atoms with Crippen molar-refractivity contribution in [1.82, 2.24) is 14.9 Å². The second-order valence-corrected chi connectivity index (χ2v) is 11.3. The summed E-state index contributed by atoms with van der Waals surface area (Å²) in [5.74, 6) is 1.39. The number of para-hydroxylation sites is 1. The SMILES string of the molecule is Cc1ccc2sc(C3CC4CCC(C3)N4C[C@H](O)COc3c(C)[nH]c4ccccc34)nc2c1C. The highest BCUT2D eigenvalue weighted by Gasteiger charge is 2.42. The van der Waals surface area contributed by atoms with Crippen LogP contribution in [-0.4, -0.2) is 51.3 Å². The van der Waals surface area contributed by atoms with Gasteiger partial charge in [0.2, 0.25) is 0 Å². The van der Waals surface area contributed by atoms with Gasteiger partial charge in [0.15, 0.2) is 0 Å². The molecule has 2 N–H and O–H groups in total. The molecule has 2 unspecified atom stereocenters. The van der Waals surface area contributed by atoms with E-state index in [1.807, 2.05) is 30.4 Å². The van der Waals surface area contributed by atoms with Crippen LogP contribution in [0.3, 0.4) is 0 Å². The number of aryl methyl sites for hydroxylation is 3. The van der Waals surface area contributed by atoms with Crippen LogP contribution in [0.15, 0.2) is 36.4 Å². The molecule has 4 aromatic rings. The summed E-state index contributed by atoms with van der Waals surface area (Å²) in [7, 11) is 0. The molecule has 2 aliphatic heterocycles. The summed E-state index contributed by atoms with van der Waals surface area (Å²) in [6, 6.07) is 13.7. The first kappa shape index (κ1) is 22.1. The smallest absolute Gasteiger partial charge is 0.147 e. The van der Waals surface area contributed by atoms with Crippen molar-refractivity contribution >= 4 is 32.5 Å². The van der Waals surface area contributed by atoms with E-state index in [4.69, 9.17) is 9.72 Å². The fraction of sp³-hybridized carbons (Fsp3) is 0.464. The summed E-state index contributed by atoms with van der Waals surface area (Å²) in [5, 5.41) is 13.3. The highest BCUT2D eigenvalue weighted by Crippen LogP contribution is 2.45. The predicted molar refractivity (Wildman–Crippen MR) is 139 cm³/mol. The molecule has 2 aliphatic rings. The molecule has 0 radical (unpaired) electrons. The first-order chi connectivity index (χ1) is 16.5. The predicted octanol–water partition coefficient (Wildman–Crippen LogP) is 5.85. The lowest BCUT2D eigenvalue weighted by molar-refractivity contribution is 0.0320. The molecular formula is C28H33N3O2S. The summed E-state index contributed by atoms with van der Waals surface area (Å²) in [4.78, 5) is 11.0. The largest absolute Gasteiger partial charge is 0.488 e. The molecule has 2 aromatic heterocycles. The average Bonchev–Trinajstić information content (AvgIpc) is 3.46. The van der Waals surface area contributed by atoms with E-state index < -0.39 is 6.10 Å². The number of aliphatic hydroxyl groups excluding tert-OH is 1. The molecule has 2 saturated heterocycles. The zero-order valence-corrected chi connectivity index (χ0v) is 21.0. The first-order valence-corrected chi connectivity index (χ1v) is 13.3. The lowest BCUT2D eigenvalue weighted by atomic mass is 9.91. The standard InChI is InChI=1S/C28H33N3O2S/c1-16-8-11-25-26(17(16)2)30-28(34-25)19-12-20-9-10-21(13-19)31(20)14-22(32)15-33-27-18(3)29-24-7-5-4-6-23(24)27/h4-8,11,19-22,29,32H,9-10,12-15H2,1-3H3/t19?,20?,21?,22-/m0/s1. The van der Waals surface area contributed by atoms with Crippen LogP contribution < -0.4 is 4.74 Å². The average molecular weight is 476 g/mol. The number of nitrogens with zero attached hydrogens (tertiary/aromatic N) is 2. The molecule has 34 heavy (non-hydrogen) atoms. The number of rotatable bonds is 6. The van der Waals surface area contributed by atoms with Crippen LogP contribution in [0.5, 0.6) is 5.75 Å². The summed E-state index contributed by atoms with van der Waals surface area (Å²) in [6.45, 7) is 7.38. The molecule has 3 atom stereocenters. The minimum Gasteiger partial charge on any atom is -0.488 e. The summed E-state index contributed by atoms with van der Waals surface area (Å²) in [6.07, 6.45) is 4.23. The maximum absolute atomic E-state index is 10.9. The Kier molecular flexibility index (Phi) is 5.63. The molecular weight excluding hydrogens is 442 g/mol. The second kappa shape index (κ2) is 8.67. The normalized spacial score (nSPS) is 23.7. The van der Waals surface area contributed by atoms with Crippen molar-refractivity contribution in [3.63, 3.8) is 0 Å². The Morgan fingerprint density at radius 2 is 1.88 bits per heavy atom. The Labute approximate surface area is 204 Å². The number of benzene rings is 2. The van der Waals surface area contributed by atoms with Gasteiger partial charge in [-0.15, -0.1) is 11.3 Å². The van der Waals surface area contributed by atoms with Crippen molar-refractivity contribution in [3.05, 3.63) is 58.2 Å². The molecule has 6 rings (SSSR count). The number of nitrogens with one attached hydrogen (secondary N) is 1. The minimum atomic E-state index is -0.499. The van der Waals surface area contributed by atoms with Crippen molar-refractivity contribution in [2.75, 3.05) is 13.2 Å². The molecule has 0 saturated carbocycles. The molecule has 178 valence electrons. The van der Waals surface area contributed by atoms with Gasteiger partial charge in [-0.05, 0) is 75.8 Å². The molecule has 0 amide bonds. The third-order valence-electron chi connectivity index (χ3n) is 8.01. The number of aromatic amines is 1. The Bertz CT molecular complexity index is 1330. The molecule has 0 aliphatic carbocycles. The van der Waals surface area contributed by atoms with Crippen molar-refractivity contribution < 1.29 is 9.84 Å². The Morgan fingerprint density at radius 1 is 1.12 bits per heavy atom. The number of aromatic nitrogens is 2. The summed E-state index contributed by atoms with van der Waals surface area (Å²) >= 11 is 1.88. The maximum atomic E-state index is 10.9. The van der Waals surface area contributed by atoms with Gasteiger partial charge >= 0.3 is 0 Å². The van der Waals surface area contributed by atoms with Crippen LogP contribution in [0.25, 0.3) is 21.1 Å². The second-order valence-electron chi connectivity index (χ2n) is 10.2. The van der Waals surface area contributed by atoms with Gasteiger partial charge in [-0.25, -0.2) is 4.98 Å². The number of piperidine rings is 1. The van der Waals surface area contributed by atoms with E-state index in [-0.39, 0.29) is 0 Å². The summed E-state index contributed by atoms with van der Waals surface area (Å²) < 4.78 is 7.43. The van der Waals surface area contributed by atoms with Crippen molar-refractivity contribution in [2.45, 2.75) is 70.6 Å². The van der Waals surface area contributed by atoms with E-state index in [1.54, 1.807) is 0 Å². The van der Waals surface area contributed by atoms with Gasteiger partial charge in [-0.2, -0.15) is 0 Å². The Balaban J connectivity index is 1.11. The molecule has 2 bridgehead atoms. The topological polar surface area (TPSA) is 61.4 Å². The number of hydrogen-bond donors (Lipinski definition) is 2. The monoisotopic (exact) mass is 475 g/mol. The molecule has 2 aromatic carbocycles. The molecule has 0 spiro atoms. The number of thiazole rings is 1. The number of aliphatic hydroxyl groups is 1. The molecule has 4 heterocycles. The quantitative estimate of drug-likeness (QED) is 0.367. The van der Waals surface area contributed by atoms with Crippen molar-refractivity contribution in [1.29, 1.82) is 0 Å². The van der Waals surface area contributed by atoms with Gasteiger partial charge in [-0.1, -0.05) is 18.2 Å². The number of hydrogen-bond acceptors (Lipinski definition) is 5. The van der Waals surface area contributed by atoms with Gasteiger partial charge in [0.05, 0.1) is 20.9 Å². The molecule has 2 fully saturated rings. The van der Waals surface area contributed by atoms with Crippen LogP contribution in [0, 0.1) is 20.8 Å². The maximum Gasteiger partial charge on any atom is 0.147 e. The van der Waals surface area contributed by atoms with E-state index in [1.165, 1.54) is 39.2 Å². The van der Waals surface area contributed by atoms with E-state index in [0.717, 1.165) is 35.2 Å². The highest BCUT2D eigenvalue weighted by molar-refractivity contribution is 7.18. The highest BCUT2D eigenvalue weighted by atomic mass is 32.1. The number of ether oxygens (including phenoxy) is 1. The summed E-state index contributed by atoms with van der Waals surface area (Å²) in [5.41, 5.74) is 5.91. The van der Waals surface area contributed by atoms with E-state index in [9.17, 15) is 5.11 Å². The lowest BCUT2D eigenvalue weighted by Gasteiger charge is -2.39. The first-order valence-electron chi connectivity index (χ1n) is 12.5. The zero-order chi connectivity index (χ0) is 23.4. The fourth-order valence-electron chi connectivity index (χ4n) is 6.10. The molecule has 5 nitrogen and oxygen atoms in total. The van der Waals surface area contributed by atoms with Crippen LogP contribution >= 0.6 is 11.3 Å². The van der Waals surface area contributed by atoms with Gasteiger partial charge in [0, 0.05) is 35.4 Å². The number of H-pyrrole nitrogens is 1. The van der Waals surface area contributed by atoms with Gasteiger partial charge in [0.25, 0.3) is 0 Å². The van der Waals surface area contributed by atoms with Gasteiger partial charge < -0.3 is 14.8 Å². The van der Waals surface area contributed by atoms with Gasteiger partial charge in [0.1, 0.15) is 18.5 Å².